The molecule has 0 saturated carbocycles. The van der Waals surface area contributed by atoms with Crippen molar-refractivity contribution >= 4 is 29.1 Å². The van der Waals surface area contributed by atoms with Crippen molar-refractivity contribution in [2.45, 2.75) is 57.5 Å². The maximum Gasteiger partial charge on any atom is 0.226 e. The van der Waals surface area contributed by atoms with Crippen molar-refractivity contribution in [2.24, 2.45) is 5.41 Å². The zero-order chi connectivity index (χ0) is 21.5. The summed E-state index contributed by atoms with van der Waals surface area (Å²) in [4.78, 5) is 13.3. The number of benzene rings is 2. The van der Waals surface area contributed by atoms with Gasteiger partial charge in [-0.25, -0.2) is 0 Å². The first-order chi connectivity index (χ1) is 14.2. The van der Waals surface area contributed by atoms with Crippen molar-refractivity contribution in [2.75, 3.05) is 6.61 Å². The maximum absolute atomic E-state index is 13.3. The lowest BCUT2D eigenvalue weighted by Crippen LogP contribution is -2.50. The number of hydrogen-bond donors (Lipinski definition) is 1. The predicted octanol–water partition coefficient (Wildman–Crippen LogP) is 5.89. The fraction of sp³-hybridized carbons (Fsp3) is 0.458. The van der Waals surface area contributed by atoms with E-state index in [0.717, 1.165) is 11.1 Å². The molecule has 30 heavy (non-hydrogen) atoms. The molecule has 4 unspecified atom stereocenters. The fourth-order valence-corrected chi connectivity index (χ4v) is 5.01. The van der Waals surface area contributed by atoms with Crippen molar-refractivity contribution in [1.82, 2.24) is 5.32 Å². The van der Waals surface area contributed by atoms with Crippen molar-refractivity contribution in [3.8, 4) is 0 Å². The van der Waals surface area contributed by atoms with Crippen LogP contribution in [0.5, 0.6) is 0 Å². The number of piperidine rings is 1. The molecular formula is C24H27Cl2NO3. The highest BCUT2D eigenvalue weighted by Gasteiger charge is 2.48. The Morgan fingerprint density at radius 1 is 1.03 bits per heavy atom. The number of hydrogen-bond acceptors (Lipinski definition) is 3. The number of ether oxygens (including phenoxy) is 2. The lowest BCUT2D eigenvalue weighted by atomic mass is 9.68. The molecule has 0 aliphatic carbocycles. The largest absolute Gasteiger partial charge is 0.348 e. The molecule has 2 aliphatic heterocycles. The van der Waals surface area contributed by atoms with Gasteiger partial charge in [0.15, 0.2) is 5.79 Å². The molecule has 2 heterocycles. The van der Waals surface area contributed by atoms with Crippen LogP contribution in [-0.2, 0) is 14.3 Å². The third kappa shape index (κ3) is 4.52. The maximum atomic E-state index is 13.3. The highest BCUT2D eigenvalue weighted by molar-refractivity contribution is 6.30. The van der Waals surface area contributed by atoms with E-state index in [9.17, 15) is 4.79 Å². The Kier molecular flexibility index (Phi) is 5.88. The summed E-state index contributed by atoms with van der Waals surface area (Å²) in [7, 11) is 0. The Hall–Kier alpha value is -1.59. The standard InChI is InChI=1S/C24H27Cl2NO3/c1-23(2)29-14-19(30-23)12-24(3)13-20(16-5-4-6-18(26)11-16)21(27-22(24)28)15-7-9-17(25)10-8-15/h4-11,19-21H,12-14H2,1-3H3,(H,27,28). The Labute approximate surface area is 187 Å². The highest BCUT2D eigenvalue weighted by Crippen LogP contribution is 2.48. The summed E-state index contributed by atoms with van der Waals surface area (Å²) in [5.41, 5.74) is 1.56. The molecule has 2 aliphatic rings. The van der Waals surface area contributed by atoms with Crippen LogP contribution in [0.15, 0.2) is 48.5 Å². The first-order valence-corrected chi connectivity index (χ1v) is 11.0. The molecule has 2 fully saturated rings. The fourth-order valence-electron chi connectivity index (χ4n) is 4.69. The molecule has 0 spiro atoms. The number of rotatable bonds is 4. The van der Waals surface area contributed by atoms with Gasteiger partial charge in [0.25, 0.3) is 0 Å². The molecule has 2 saturated heterocycles. The first kappa shape index (κ1) is 21.6. The second kappa shape index (κ2) is 8.16. The van der Waals surface area contributed by atoms with E-state index >= 15 is 0 Å². The quantitative estimate of drug-likeness (QED) is 0.635. The summed E-state index contributed by atoms with van der Waals surface area (Å²) in [5.74, 6) is -0.498. The second-order valence-corrected chi connectivity index (χ2v) is 9.96. The van der Waals surface area contributed by atoms with Crippen LogP contribution in [0.4, 0.5) is 0 Å². The van der Waals surface area contributed by atoms with Gasteiger partial charge >= 0.3 is 0 Å². The van der Waals surface area contributed by atoms with E-state index in [2.05, 4.69) is 11.4 Å². The Morgan fingerprint density at radius 2 is 1.77 bits per heavy atom. The molecular weight excluding hydrogens is 421 g/mol. The van der Waals surface area contributed by atoms with Gasteiger partial charge in [-0.05, 0) is 62.1 Å². The molecule has 4 atom stereocenters. The summed E-state index contributed by atoms with van der Waals surface area (Å²) < 4.78 is 11.7. The van der Waals surface area contributed by atoms with Crippen molar-refractivity contribution < 1.29 is 14.3 Å². The van der Waals surface area contributed by atoms with Gasteiger partial charge in [-0.15, -0.1) is 0 Å². The summed E-state index contributed by atoms with van der Waals surface area (Å²) in [6.45, 7) is 6.33. The van der Waals surface area contributed by atoms with Crippen LogP contribution in [0.2, 0.25) is 10.0 Å². The Morgan fingerprint density at radius 3 is 2.40 bits per heavy atom. The molecule has 4 rings (SSSR count). The van der Waals surface area contributed by atoms with Crippen molar-refractivity contribution in [3.05, 3.63) is 69.7 Å². The SMILES string of the molecule is CC1(C)OCC(CC2(C)CC(c3cccc(Cl)c3)C(c3ccc(Cl)cc3)NC2=O)O1. The first-order valence-electron chi connectivity index (χ1n) is 10.3. The lowest BCUT2D eigenvalue weighted by molar-refractivity contribution is -0.149. The molecule has 1 amide bonds. The van der Waals surface area contributed by atoms with E-state index in [1.807, 2.05) is 63.2 Å². The van der Waals surface area contributed by atoms with Gasteiger partial charge in [-0.1, -0.05) is 54.4 Å². The minimum Gasteiger partial charge on any atom is -0.348 e. The van der Waals surface area contributed by atoms with Gasteiger partial charge in [-0.3, -0.25) is 4.79 Å². The van der Waals surface area contributed by atoms with Crippen LogP contribution in [0.1, 0.15) is 56.7 Å². The molecule has 2 aromatic rings. The zero-order valence-corrected chi connectivity index (χ0v) is 19.0. The van der Waals surface area contributed by atoms with Gasteiger partial charge < -0.3 is 14.8 Å². The predicted molar refractivity (Wildman–Crippen MR) is 119 cm³/mol. The van der Waals surface area contributed by atoms with Gasteiger partial charge in [0.2, 0.25) is 5.91 Å². The topological polar surface area (TPSA) is 47.6 Å². The summed E-state index contributed by atoms with van der Waals surface area (Å²) >= 11 is 12.4. The van der Waals surface area contributed by atoms with Crippen LogP contribution in [-0.4, -0.2) is 24.4 Å². The molecule has 0 aromatic heterocycles. The van der Waals surface area contributed by atoms with Gasteiger partial charge in [0.1, 0.15) is 0 Å². The summed E-state index contributed by atoms with van der Waals surface area (Å²) in [5, 5.41) is 4.65. The van der Waals surface area contributed by atoms with Gasteiger partial charge in [0, 0.05) is 21.4 Å². The summed E-state index contributed by atoms with van der Waals surface area (Å²) in [6, 6.07) is 15.4. The average Bonchev–Trinajstić information content (AvgIpc) is 3.02. The van der Waals surface area contributed by atoms with E-state index in [1.165, 1.54) is 0 Å². The van der Waals surface area contributed by atoms with Gasteiger partial charge in [0.05, 0.1) is 18.8 Å². The van der Waals surface area contributed by atoms with E-state index < -0.39 is 11.2 Å². The molecule has 0 bridgehead atoms. The van der Waals surface area contributed by atoms with E-state index in [0.29, 0.717) is 29.5 Å². The summed E-state index contributed by atoms with van der Waals surface area (Å²) in [6.07, 6.45) is 1.18. The third-order valence-electron chi connectivity index (χ3n) is 6.16. The molecule has 2 aromatic carbocycles. The van der Waals surface area contributed by atoms with E-state index in [4.69, 9.17) is 32.7 Å². The highest BCUT2D eigenvalue weighted by atomic mass is 35.5. The zero-order valence-electron chi connectivity index (χ0n) is 17.5. The van der Waals surface area contributed by atoms with Crippen LogP contribution in [0.3, 0.4) is 0 Å². The van der Waals surface area contributed by atoms with Crippen molar-refractivity contribution in [3.63, 3.8) is 0 Å². The molecule has 1 N–H and O–H groups in total. The molecule has 160 valence electrons. The Balaban J connectivity index is 1.65. The van der Waals surface area contributed by atoms with E-state index in [1.54, 1.807) is 0 Å². The smallest absolute Gasteiger partial charge is 0.226 e. The molecule has 6 heteroatoms. The lowest BCUT2D eigenvalue weighted by Gasteiger charge is -2.43. The number of nitrogens with one attached hydrogen (secondary N) is 1. The number of carbonyl (C=O) groups is 1. The van der Waals surface area contributed by atoms with Crippen LogP contribution in [0, 0.1) is 5.41 Å². The van der Waals surface area contributed by atoms with Crippen LogP contribution >= 0.6 is 23.2 Å². The number of carbonyl (C=O) groups excluding carboxylic acids is 1. The normalized spacial score (nSPS) is 30.8. The molecule has 4 nitrogen and oxygen atoms in total. The molecule has 0 radical (unpaired) electrons. The monoisotopic (exact) mass is 447 g/mol. The second-order valence-electron chi connectivity index (χ2n) is 9.08. The minimum absolute atomic E-state index is 0.0361. The van der Waals surface area contributed by atoms with E-state index in [-0.39, 0.29) is 24.0 Å². The number of halogens is 2. The third-order valence-corrected chi connectivity index (χ3v) is 6.65. The average molecular weight is 448 g/mol. The van der Waals surface area contributed by atoms with Crippen LogP contribution < -0.4 is 5.32 Å². The Bertz CT molecular complexity index is 930. The number of amides is 1. The van der Waals surface area contributed by atoms with Crippen molar-refractivity contribution in [1.29, 1.82) is 0 Å². The van der Waals surface area contributed by atoms with Crippen LogP contribution in [0.25, 0.3) is 0 Å². The minimum atomic E-state index is -0.607. The van der Waals surface area contributed by atoms with Gasteiger partial charge in [-0.2, -0.15) is 0 Å².